The molecule has 0 aromatic heterocycles. The summed E-state index contributed by atoms with van der Waals surface area (Å²) in [4.78, 5) is 30.0. The molecule has 0 N–H and O–H groups in total. The lowest BCUT2D eigenvalue weighted by Gasteiger charge is -2.15. The maximum Gasteiger partial charge on any atom is 0.260 e. The number of carbonyl (C=O) groups excluding carboxylic acids is 2. The molecule has 2 saturated heterocycles. The molecule has 3 heterocycles. The van der Waals surface area contributed by atoms with Crippen LogP contribution in [0.15, 0.2) is 48.6 Å². The van der Waals surface area contributed by atoms with Crippen LogP contribution in [0.1, 0.15) is 5.56 Å². The van der Waals surface area contributed by atoms with E-state index >= 15 is 0 Å². The number of carbonyl (C=O) groups is 2. The Bertz CT molecular complexity index is 636. The van der Waals surface area contributed by atoms with Gasteiger partial charge in [-0.1, -0.05) is 54.6 Å². The Kier molecular flexibility index (Phi) is 3.17. The Morgan fingerprint density at radius 1 is 1.05 bits per heavy atom. The molecule has 1 aromatic rings. The lowest BCUT2D eigenvalue weighted by molar-refractivity contribution is -0.188. The second-order valence-electron chi connectivity index (χ2n) is 5.58. The molecular formula is C17H15NO4. The third-order valence-electron chi connectivity index (χ3n) is 4.28. The summed E-state index contributed by atoms with van der Waals surface area (Å²) in [5, 5.41) is 0.917. The monoisotopic (exact) mass is 297 g/mol. The quantitative estimate of drug-likeness (QED) is 0.625. The molecule has 5 nitrogen and oxygen atoms in total. The van der Waals surface area contributed by atoms with Crippen molar-refractivity contribution in [1.82, 2.24) is 5.06 Å². The van der Waals surface area contributed by atoms with Gasteiger partial charge in [0.25, 0.3) is 11.8 Å². The molecule has 3 aliphatic heterocycles. The first-order chi connectivity index (χ1) is 10.8. The molecule has 2 bridgehead atoms. The number of nitrogens with zero attached hydrogens (tertiary/aromatic N) is 1. The van der Waals surface area contributed by atoms with E-state index in [4.69, 9.17) is 9.57 Å². The van der Waals surface area contributed by atoms with Gasteiger partial charge in [0, 0.05) is 0 Å². The normalized spacial score (nSPS) is 32.5. The fourth-order valence-corrected chi connectivity index (χ4v) is 3.27. The molecule has 0 unspecified atom stereocenters. The van der Waals surface area contributed by atoms with Gasteiger partial charge < -0.3 is 4.74 Å². The zero-order valence-corrected chi connectivity index (χ0v) is 11.8. The number of fused-ring (bicyclic) bond motifs is 5. The first kappa shape index (κ1) is 13.4. The molecule has 0 radical (unpaired) electrons. The first-order valence-corrected chi connectivity index (χ1v) is 7.32. The van der Waals surface area contributed by atoms with E-state index in [-0.39, 0.29) is 30.6 Å². The second-order valence-corrected chi connectivity index (χ2v) is 5.58. The van der Waals surface area contributed by atoms with Crippen molar-refractivity contribution >= 4 is 17.9 Å². The number of hydroxylamine groups is 2. The summed E-state index contributed by atoms with van der Waals surface area (Å²) in [6, 6.07) is 9.76. The molecule has 112 valence electrons. The van der Waals surface area contributed by atoms with Crippen molar-refractivity contribution in [2.24, 2.45) is 11.8 Å². The zero-order valence-electron chi connectivity index (χ0n) is 11.8. The average Bonchev–Trinajstić information content (AvgIpc) is 3.21. The number of hydrogen-bond donors (Lipinski definition) is 0. The predicted molar refractivity (Wildman–Crippen MR) is 78.1 cm³/mol. The maximum absolute atomic E-state index is 12.3. The third kappa shape index (κ3) is 2.01. The summed E-state index contributed by atoms with van der Waals surface area (Å²) >= 11 is 0. The van der Waals surface area contributed by atoms with Gasteiger partial charge in [-0.2, -0.15) is 5.06 Å². The molecule has 4 rings (SSSR count). The van der Waals surface area contributed by atoms with Crippen LogP contribution in [0, 0.1) is 11.8 Å². The predicted octanol–water partition coefficient (Wildman–Crippen LogP) is 1.57. The van der Waals surface area contributed by atoms with E-state index in [9.17, 15) is 9.59 Å². The smallest absolute Gasteiger partial charge is 0.260 e. The van der Waals surface area contributed by atoms with E-state index < -0.39 is 11.8 Å². The van der Waals surface area contributed by atoms with Crippen molar-refractivity contribution in [1.29, 1.82) is 0 Å². The average molecular weight is 297 g/mol. The molecular weight excluding hydrogens is 282 g/mol. The van der Waals surface area contributed by atoms with Crippen molar-refractivity contribution < 1.29 is 19.2 Å². The molecule has 2 fully saturated rings. The number of ether oxygens (including phenoxy) is 1. The molecule has 2 amide bonds. The fraction of sp³-hybridized carbons (Fsp3) is 0.294. The van der Waals surface area contributed by atoms with Gasteiger partial charge in [-0.15, -0.1) is 0 Å². The van der Waals surface area contributed by atoms with Crippen molar-refractivity contribution in [2.75, 3.05) is 6.61 Å². The highest BCUT2D eigenvalue weighted by Gasteiger charge is 2.61. The van der Waals surface area contributed by atoms with Crippen LogP contribution in [0.4, 0.5) is 0 Å². The zero-order chi connectivity index (χ0) is 15.1. The second kappa shape index (κ2) is 5.19. The number of amides is 2. The van der Waals surface area contributed by atoms with Crippen LogP contribution in [-0.4, -0.2) is 35.7 Å². The van der Waals surface area contributed by atoms with E-state index in [2.05, 4.69) is 0 Å². The van der Waals surface area contributed by atoms with Gasteiger partial charge in [-0.25, -0.2) is 0 Å². The molecule has 5 heteroatoms. The number of benzene rings is 1. The third-order valence-corrected chi connectivity index (χ3v) is 4.28. The Hall–Kier alpha value is -2.24. The minimum Gasteiger partial charge on any atom is -0.365 e. The van der Waals surface area contributed by atoms with Gasteiger partial charge in [-0.3, -0.25) is 14.4 Å². The molecule has 0 spiro atoms. The summed E-state index contributed by atoms with van der Waals surface area (Å²) in [5.74, 6) is -1.42. The molecule has 0 saturated carbocycles. The Balaban J connectivity index is 1.39. The number of rotatable bonds is 4. The van der Waals surface area contributed by atoms with E-state index in [0.29, 0.717) is 0 Å². The van der Waals surface area contributed by atoms with Crippen molar-refractivity contribution in [3.8, 4) is 0 Å². The van der Waals surface area contributed by atoms with Crippen LogP contribution in [0.2, 0.25) is 0 Å². The van der Waals surface area contributed by atoms with Gasteiger partial charge in [0.05, 0.1) is 30.7 Å². The van der Waals surface area contributed by atoms with Crippen LogP contribution in [0.5, 0.6) is 0 Å². The van der Waals surface area contributed by atoms with Crippen LogP contribution in [0.3, 0.4) is 0 Å². The highest BCUT2D eigenvalue weighted by molar-refractivity contribution is 6.05. The van der Waals surface area contributed by atoms with Gasteiger partial charge in [0.1, 0.15) is 0 Å². The summed E-state index contributed by atoms with van der Waals surface area (Å²) < 4.78 is 5.56. The Morgan fingerprint density at radius 3 is 2.32 bits per heavy atom. The molecule has 4 atom stereocenters. The minimum absolute atomic E-state index is 0.176. The highest BCUT2D eigenvalue weighted by Crippen LogP contribution is 2.45. The van der Waals surface area contributed by atoms with Gasteiger partial charge in [0.15, 0.2) is 0 Å². The standard InChI is InChI=1S/C17H15NO4/c19-16-14-12-8-9-13(22-12)15(14)17(20)18(16)21-10-4-7-11-5-2-1-3-6-11/h1-9,12-15H,10H2/b7-4+/t12-,13+,14-,15+. The van der Waals surface area contributed by atoms with Crippen LogP contribution < -0.4 is 0 Å². The Labute approximate surface area is 127 Å². The van der Waals surface area contributed by atoms with Gasteiger partial charge >= 0.3 is 0 Å². The summed E-state index contributed by atoms with van der Waals surface area (Å²) in [6.45, 7) is 0.176. The summed E-state index contributed by atoms with van der Waals surface area (Å²) in [5.41, 5.74) is 1.04. The molecule has 0 aliphatic carbocycles. The molecule has 3 aliphatic rings. The van der Waals surface area contributed by atoms with Gasteiger partial charge in [0.2, 0.25) is 0 Å². The van der Waals surface area contributed by atoms with Crippen molar-refractivity contribution in [2.45, 2.75) is 12.2 Å². The van der Waals surface area contributed by atoms with E-state index in [1.807, 2.05) is 48.6 Å². The number of hydrogen-bond acceptors (Lipinski definition) is 4. The summed E-state index contributed by atoms with van der Waals surface area (Å²) in [6.07, 6.45) is 6.83. The largest absolute Gasteiger partial charge is 0.365 e. The lowest BCUT2D eigenvalue weighted by Crippen LogP contribution is -2.34. The van der Waals surface area contributed by atoms with E-state index in [0.717, 1.165) is 10.6 Å². The van der Waals surface area contributed by atoms with Crippen LogP contribution in [-0.2, 0) is 19.2 Å². The minimum atomic E-state index is -0.416. The number of imide groups is 1. The molecule has 1 aromatic carbocycles. The van der Waals surface area contributed by atoms with Crippen molar-refractivity contribution in [3.05, 3.63) is 54.1 Å². The van der Waals surface area contributed by atoms with Crippen LogP contribution in [0.25, 0.3) is 6.08 Å². The van der Waals surface area contributed by atoms with Gasteiger partial charge in [-0.05, 0) is 5.56 Å². The highest BCUT2D eigenvalue weighted by atomic mass is 16.7. The van der Waals surface area contributed by atoms with E-state index in [1.165, 1.54) is 0 Å². The summed E-state index contributed by atoms with van der Waals surface area (Å²) in [7, 11) is 0. The first-order valence-electron chi connectivity index (χ1n) is 7.32. The Morgan fingerprint density at radius 2 is 1.68 bits per heavy atom. The lowest BCUT2D eigenvalue weighted by atomic mass is 9.85. The molecule has 22 heavy (non-hydrogen) atoms. The SMILES string of the molecule is O=C1[C@@H]2[C@H](C(=O)N1OC/C=C/c1ccccc1)[C@H]1C=C[C@@H]2O1. The topological polar surface area (TPSA) is 55.8 Å². The van der Waals surface area contributed by atoms with Crippen LogP contribution >= 0.6 is 0 Å². The fourth-order valence-electron chi connectivity index (χ4n) is 3.27. The van der Waals surface area contributed by atoms with Crippen molar-refractivity contribution in [3.63, 3.8) is 0 Å². The van der Waals surface area contributed by atoms with E-state index in [1.54, 1.807) is 6.08 Å². The maximum atomic E-state index is 12.3.